The third-order valence-corrected chi connectivity index (χ3v) is 3.07. The fourth-order valence-electron chi connectivity index (χ4n) is 1.97. The molecule has 0 saturated carbocycles. The zero-order valence-electron chi connectivity index (χ0n) is 11.6. The van der Waals surface area contributed by atoms with Crippen LogP contribution < -0.4 is 4.74 Å². The largest absolute Gasteiger partial charge is 0.492 e. The number of hydrogen-bond donors (Lipinski definition) is 2. The van der Waals surface area contributed by atoms with Gasteiger partial charge < -0.3 is 14.9 Å². The summed E-state index contributed by atoms with van der Waals surface area (Å²) in [6, 6.07) is 10.8. The molecule has 2 aromatic carbocycles. The van der Waals surface area contributed by atoms with E-state index in [1.807, 2.05) is 24.3 Å². The number of carbonyl (C=O) groups is 1. The summed E-state index contributed by atoms with van der Waals surface area (Å²) in [6.07, 6.45) is 0.426. The van der Waals surface area contributed by atoms with Gasteiger partial charge in [0.05, 0.1) is 12.2 Å². The van der Waals surface area contributed by atoms with Crippen molar-refractivity contribution < 1.29 is 19.7 Å². The van der Waals surface area contributed by atoms with E-state index in [2.05, 4.69) is 0 Å². The second kappa shape index (κ2) is 5.51. The topological polar surface area (TPSA) is 66.8 Å². The number of carboxylic acids is 1. The molecule has 2 aromatic rings. The van der Waals surface area contributed by atoms with Gasteiger partial charge in [0.25, 0.3) is 0 Å². The fourth-order valence-corrected chi connectivity index (χ4v) is 1.97. The van der Waals surface area contributed by atoms with Crippen molar-refractivity contribution in [1.82, 2.24) is 0 Å². The summed E-state index contributed by atoms with van der Waals surface area (Å²) in [5, 5.41) is 20.6. The summed E-state index contributed by atoms with van der Waals surface area (Å²) in [6.45, 7) is 3.65. The third-order valence-electron chi connectivity index (χ3n) is 3.07. The molecule has 0 bridgehead atoms. The Hall–Kier alpha value is -2.07. The molecule has 0 aliphatic carbocycles. The SMILES string of the molecule is CC(C)(O)CCOc1c(C(=O)O)ccc2ccccc12. The number of ether oxygens (including phenoxy) is 1. The van der Waals surface area contributed by atoms with Crippen molar-refractivity contribution in [2.75, 3.05) is 6.61 Å². The van der Waals surface area contributed by atoms with E-state index in [0.29, 0.717) is 12.2 Å². The predicted octanol–water partition coefficient (Wildman–Crippen LogP) is 3.08. The first-order valence-electron chi connectivity index (χ1n) is 6.49. The quantitative estimate of drug-likeness (QED) is 0.879. The van der Waals surface area contributed by atoms with Crippen LogP contribution in [0.4, 0.5) is 0 Å². The number of fused-ring (bicyclic) bond motifs is 1. The molecule has 0 aliphatic heterocycles. The molecule has 4 nitrogen and oxygen atoms in total. The molecule has 0 spiro atoms. The number of hydrogen-bond acceptors (Lipinski definition) is 3. The standard InChI is InChI=1S/C16H18O4/c1-16(2,19)9-10-20-14-12-6-4-3-5-11(12)7-8-13(14)15(17)18/h3-8,19H,9-10H2,1-2H3,(H,17,18). The van der Waals surface area contributed by atoms with Gasteiger partial charge in [0.15, 0.2) is 0 Å². The maximum atomic E-state index is 11.3. The highest BCUT2D eigenvalue weighted by atomic mass is 16.5. The molecule has 2 rings (SSSR count). The molecule has 0 atom stereocenters. The Kier molecular flexibility index (Phi) is 3.95. The lowest BCUT2D eigenvalue weighted by Crippen LogP contribution is -2.22. The molecular formula is C16H18O4. The highest BCUT2D eigenvalue weighted by Crippen LogP contribution is 2.30. The van der Waals surface area contributed by atoms with E-state index in [0.717, 1.165) is 10.8 Å². The molecular weight excluding hydrogens is 256 g/mol. The van der Waals surface area contributed by atoms with Gasteiger partial charge in [0.1, 0.15) is 11.3 Å². The number of carboxylic acid groups (broad SMARTS) is 1. The Morgan fingerprint density at radius 1 is 1.20 bits per heavy atom. The van der Waals surface area contributed by atoms with Crippen molar-refractivity contribution in [1.29, 1.82) is 0 Å². The van der Waals surface area contributed by atoms with Gasteiger partial charge in [-0.1, -0.05) is 30.3 Å². The summed E-state index contributed by atoms with van der Waals surface area (Å²) in [7, 11) is 0. The molecule has 0 amide bonds. The molecule has 0 aliphatic rings. The van der Waals surface area contributed by atoms with Crippen LogP contribution >= 0.6 is 0 Å². The fraction of sp³-hybridized carbons (Fsp3) is 0.312. The van der Waals surface area contributed by atoms with Gasteiger partial charge >= 0.3 is 5.97 Å². The van der Waals surface area contributed by atoms with Crippen LogP contribution in [0.1, 0.15) is 30.6 Å². The number of aromatic carboxylic acids is 1. The minimum absolute atomic E-state index is 0.138. The van der Waals surface area contributed by atoms with E-state index in [1.54, 1.807) is 26.0 Å². The van der Waals surface area contributed by atoms with Crippen LogP contribution in [-0.4, -0.2) is 28.4 Å². The molecule has 0 fully saturated rings. The highest BCUT2D eigenvalue weighted by molar-refractivity contribution is 6.00. The summed E-state index contributed by atoms with van der Waals surface area (Å²) in [4.78, 5) is 11.3. The third kappa shape index (κ3) is 3.27. The molecule has 2 N–H and O–H groups in total. The van der Waals surface area contributed by atoms with E-state index in [9.17, 15) is 15.0 Å². The summed E-state index contributed by atoms with van der Waals surface area (Å²) < 4.78 is 5.65. The first kappa shape index (κ1) is 14.3. The Morgan fingerprint density at radius 2 is 1.90 bits per heavy atom. The van der Waals surface area contributed by atoms with Crippen LogP contribution in [0.3, 0.4) is 0 Å². The second-order valence-electron chi connectivity index (χ2n) is 5.38. The van der Waals surface area contributed by atoms with Crippen LogP contribution in [-0.2, 0) is 0 Å². The van der Waals surface area contributed by atoms with Crippen LogP contribution in [0.2, 0.25) is 0 Å². The van der Waals surface area contributed by atoms with Crippen molar-refractivity contribution in [3.05, 3.63) is 42.0 Å². The summed E-state index contributed by atoms with van der Waals surface area (Å²) >= 11 is 0. The van der Waals surface area contributed by atoms with E-state index >= 15 is 0 Å². The maximum absolute atomic E-state index is 11.3. The van der Waals surface area contributed by atoms with E-state index in [-0.39, 0.29) is 12.2 Å². The predicted molar refractivity (Wildman–Crippen MR) is 77.3 cm³/mol. The number of aliphatic hydroxyl groups is 1. The van der Waals surface area contributed by atoms with E-state index < -0.39 is 11.6 Å². The van der Waals surface area contributed by atoms with Gasteiger partial charge in [-0.2, -0.15) is 0 Å². The average Bonchev–Trinajstić information content (AvgIpc) is 2.37. The molecule has 4 heteroatoms. The lowest BCUT2D eigenvalue weighted by Gasteiger charge is -2.18. The van der Waals surface area contributed by atoms with Crippen LogP contribution in [0.15, 0.2) is 36.4 Å². The van der Waals surface area contributed by atoms with Gasteiger partial charge in [-0.25, -0.2) is 4.79 Å². The lowest BCUT2D eigenvalue weighted by molar-refractivity contribution is 0.0551. The smallest absolute Gasteiger partial charge is 0.339 e. The highest BCUT2D eigenvalue weighted by Gasteiger charge is 2.17. The van der Waals surface area contributed by atoms with Gasteiger partial charge in [-0.15, -0.1) is 0 Å². The Morgan fingerprint density at radius 3 is 2.55 bits per heavy atom. The summed E-state index contributed by atoms with van der Waals surface area (Å²) in [5.74, 6) is -0.658. The minimum atomic E-state index is -1.02. The van der Waals surface area contributed by atoms with Crippen molar-refractivity contribution in [3.63, 3.8) is 0 Å². The molecule has 106 valence electrons. The normalized spacial score (nSPS) is 11.6. The van der Waals surface area contributed by atoms with Gasteiger partial charge in [0.2, 0.25) is 0 Å². The molecule has 0 radical (unpaired) electrons. The van der Waals surface area contributed by atoms with Crippen molar-refractivity contribution in [2.24, 2.45) is 0 Å². The Labute approximate surface area is 117 Å². The zero-order chi connectivity index (χ0) is 14.8. The van der Waals surface area contributed by atoms with E-state index in [1.165, 1.54) is 0 Å². The summed E-state index contributed by atoms with van der Waals surface area (Å²) in [5.41, 5.74) is -0.701. The van der Waals surface area contributed by atoms with Crippen molar-refractivity contribution in [2.45, 2.75) is 25.9 Å². The van der Waals surface area contributed by atoms with Gasteiger partial charge in [-0.3, -0.25) is 0 Å². The zero-order valence-corrected chi connectivity index (χ0v) is 11.6. The second-order valence-corrected chi connectivity index (χ2v) is 5.38. The minimum Gasteiger partial charge on any atom is -0.492 e. The first-order chi connectivity index (χ1) is 9.38. The van der Waals surface area contributed by atoms with E-state index in [4.69, 9.17) is 4.74 Å². The molecule has 20 heavy (non-hydrogen) atoms. The number of benzene rings is 2. The average molecular weight is 274 g/mol. The maximum Gasteiger partial charge on any atom is 0.339 e. The molecule has 0 saturated heterocycles. The monoisotopic (exact) mass is 274 g/mol. The Balaban J connectivity index is 2.37. The molecule has 0 heterocycles. The van der Waals surface area contributed by atoms with Crippen LogP contribution in [0.25, 0.3) is 10.8 Å². The van der Waals surface area contributed by atoms with Crippen LogP contribution in [0.5, 0.6) is 5.75 Å². The lowest BCUT2D eigenvalue weighted by atomic mass is 10.0. The number of rotatable bonds is 5. The van der Waals surface area contributed by atoms with Crippen molar-refractivity contribution in [3.8, 4) is 5.75 Å². The van der Waals surface area contributed by atoms with Crippen LogP contribution in [0, 0.1) is 0 Å². The van der Waals surface area contributed by atoms with Crippen molar-refractivity contribution >= 4 is 16.7 Å². The Bertz CT molecular complexity index is 626. The molecule has 0 aromatic heterocycles. The first-order valence-corrected chi connectivity index (χ1v) is 6.49. The van der Waals surface area contributed by atoms with Gasteiger partial charge in [0, 0.05) is 11.8 Å². The van der Waals surface area contributed by atoms with Gasteiger partial charge in [-0.05, 0) is 25.3 Å². The molecule has 0 unspecified atom stereocenters.